The van der Waals surface area contributed by atoms with Gasteiger partial charge in [-0.2, -0.15) is 4.99 Å². The average molecular weight is 193 g/mol. The van der Waals surface area contributed by atoms with Gasteiger partial charge in [0.05, 0.1) is 0 Å². The summed E-state index contributed by atoms with van der Waals surface area (Å²) < 4.78 is 4.81. The standard InChI is InChI=1S/C8H13NO3.Na/c1-3-4-5-8(2)6(10)9-7(11)12-8;/h3-5H2,1-2H3,(H,9,10,11);/q;+1/p-1. The topological polar surface area (TPSA) is 61.7 Å². The maximum absolute atomic E-state index is 11.1. The summed E-state index contributed by atoms with van der Waals surface area (Å²) in [6.45, 7) is 3.63. The van der Waals surface area contributed by atoms with Gasteiger partial charge >= 0.3 is 35.7 Å². The van der Waals surface area contributed by atoms with Crippen molar-refractivity contribution in [1.82, 2.24) is 0 Å². The molecule has 1 aliphatic rings. The van der Waals surface area contributed by atoms with Gasteiger partial charge in [0.25, 0.3) is 0 Å². The monoisotopic (exact) mass is 193 g/mol. The van der Waals surface area contributed by atoms with E-state index in [-0.39, 0.29) is 29.6 Å². The molecule has 0 spiro atoms. The Morgan fingerprint density at radius 1 is 1.62 bits per heavy atom. The van der Waals surface area contributed by atoms with Crippen LogP contribution in [0.1, 0.15) is 33.1 Å². The molecule has 0 fully saturated rings. The number of ether oxygens (including phenoxy) is 1. The molecule has 0 saturated heterocycles. The van der Waals surface area contributed by atoms with Crippen LogP contribution in [0.15, 0.2) is 4.99 Å². The number of carbonyl (C=O) groups excluding carboxylic acids is 1. The molecule has 1 unspecified atom stereocenters. The number of amides is 1. The van der Waals surface area contributed by atoms with E-state index < -0.39 is 17.6 Å². The molecule has 0 aromatic rings. The van der Waals surface area contributed by atoms with Crippen molar-refractivity contribution in [3.05, 3.63) is 0 Å². The fraction of sp³-hybridized carbons (Fsp3) is 0.750. The van der Waals surface area contributed by atoms with Crippen LogP contribution in [0.4, 0.5) is 4.79 Å². The molecule has 0 aromatic heterocycles. The average Bonchev–Trinajstić information content (AvgIpc) is 2.23. The summed E-state index contributed by atoms with van der Waals surface area (Å²) in [5.41, 5.74) is -0.979. The van der Waals surface area contributed by atoms with Gasteiger partial charge in [0.15, 0.2) is 0 Å². The van der Waals surface area contributed by atoms with Gasteiger partial charge in [-0.3, -0.25) is 0 Å². The molecule has 0 N–H and O–H groups in total. The third-order valence-electron chi connectivity index (χ3n) is 1.97. The molecule has 1 rings (SSSR count). The van der Waals surface area contributed by atoms with Crippen LogP contribution >= 0.6 is 0 Å². The molecule has 0 radical (unpaired) electrons. The van der Waals surface area contributed by atoms with Gasteiger partial charge in [-0.15, -0.1) is 0 Å². The van der Waals surface area contributed by atoms with E-state index in [0.29, 0.717) is 6.42 Å². The first kappa shape index (κ1) is 12.9. The van der Waals surface area contributed by atoms with Crippen LogP contribution in [0.3, 0.4) is 0 Å². The van der Waals surface area contributed by atoms with E-state index in [1.165, 1.54) is 0 Å². The minimum atomic E-state index is -0.979. The Morgan fingerprint density at radius 3 is 2.62 bits per heavy atom. The molecule has 1 heterocycles. The van der Waals surface area contributed by atoms with Crippen molar-refractivity contribution in [1.29, 1.82) is 0 Å². The molecule has 0 aromatic carbocycles. The smallest absolute Gasteiger partial charge is 0.859 e. The number of carbonyl (C=O) groups is 1. The van der Waals surface area contributed by atoms with Gasteiger partial charge in [0, 0.05) is 5.90 Å². The van der Waals surface area contributed by atoms with Crippen LogP contribution < -0.4 is 34.7 Å². The number of hydrogen-bond acceptors (Lipinski definition) is 3. The molecule has 1 aliphatic heterocycles. The zero-order chi connectivity index (χ0) is 9.19. The van der Waals surface area contributed by atoms with Crippen LogP contribution in [-0.2, 0) is 4.74 Å². The summed E-state index contributed by atoms with van der Waals surface area (Å²) in [4.78, 5) is 13.8. The van der Waals surface area contributed by atoms with Crippen molar-refractivity contribution in [2.75, 3.05) is 0 Å². The van der Waals surface area contributed by atoms with Crippen LogP contribution in [0.25, 0.3) is 0 Å². The molecular weight excluding hydrogens is 181 g/mol. The van der Waals surface area contributed by atoms with E-state index in [1.807, 2.05) is 6.92 Å². The zero-order valence-corrected chi connectivity index (χ0v) is 10.3. The number of aliphatic imine (C=N–C) groups is 1. The molecule has 5 heteroatoms. The minimum absolute atomic E-state index is 0. The van der Waals surface area contributed by atoms with E-state index in [9.17, 15) is 9.90 Å². The number of cyclic esters (lactones) is 1. The molecule has 1 atom stereocenters. The molecule has 1 amide bonds. The molecule has 0 bridgehead atoms. The second-order valence-corrected chi connectivity index (χ2v) is 3.12. The first-order chi connectivity index (χ1) is 5.58. The molecule has 0 saturated carbocycles. The number of unbranched alkanes of at least 4 members (excludes halogenated alkanes) is 1. The first-order valence-corrected chi connectivity index (χ1v) is 4.07. The third kappa shape index (κ3) is 2.97. The third-order valence-corrected chi connectivity index (χ3v) is 1.97. The van der Waals surface area contributed by atoms with E-state index in [0.717, 1.165) is 12.8 Å². The van der Waals surface area contributed by atoms with Crippen molar-refractivity contribution < 1.29 is 44.2 Å². The predicted molar refractivity (Wildman–Crippen MR) is 41.8 cm³/mol. The van der Waals surface area contributed by atoms with Crippen LogP contribution in [0.5, 0.6) is 0 Å². The van der Waals surface area contributed by atoms with Crippen molar-refractivity contribution in [2.45, 2.75) is 38.7 Å². The van der Waals surface area contributed by atoms with E-state index in [4.69, 9.17) is 4.74 Å². The summed E-state index contributed by atoms with van der Waals surface area (Å²) in [5, 5.41) is 11.1. The van der Waals surface area contributed by atoms with Crippen LogP contribution in [0.2, 0.25) is 0 Å². The van der Waals surface area contributed by atoms with E-state index >= 15 is 0 Å². The second kappa shape index (κ2) is 4.98. The maximum Gasteiger partial charge on any atom is 1.00 e. The molecule has 68 valence electrons. The second-order valence-electron chi connectivity index (χ2n) is 3.12. The van der Waals surface area contributed by atoms with Gasteiger partial charge < -0.3 is 9.84 Å². The van der Waals surface area contributed by atoms with Gasteiger partial charge in [-0.1, -0.05) is 13.3 Å². The van der Waals surface area contributed by atoms with Crippen molar-refractivity contribution in [2.24, 2.45) is 4.99 Å². The predicted octanol–water partition coefficient (Wildman–Crippen LogP) is -2.15. The number of hydrogen-bond donors (Lipinski definition) is 0. The summed E-state index contributed by atoms with van der Waals surface area (Å²) >= 11 is 0. The normalized spacial score (nSPS) is 26.3. The quantitative estimate of drug-likeness (QED) is 0.480. The van der Waals surface area contributed by atoms with Gasteiger partial charge in [0.1, 0.15) is 5.60 Å². The Hall–Kier alpha value is -0.0600. The maximum atomic E-state index is 11.1. The van der Waals surface area contributed by atoms with Crippen LogP contribution in [-0.4, -0.2) is 17.6 Å². The first-order valence-electron chi connectivity index (χ1n) is 4.07. The van der Waals surface area contributed by atoms with E-state index in [2.05, 4.69) is 4.99 Å². The van der Waals surface area contributed by atoms with Gasteiger partial charge in [-0.05, 0) is 19.8 Å². The molecule has 13 heavy (non-hydrogen) atoms. The largest absolute Gasteiger partial charge is 1.00 e. The van der Waals surface area contributed by atoms with E-state index in [1.54, 1.807) is 6.92 Å². The van der Waals surface area contributed by atoms with Crippen molar-refractivity contribution >= 4 is 12.0 Å². The van der Waals surface area contributed by atoms with Crippen molar-refractivity contribution in [3.8, 4) is 0 Å². The Balaban J connectivity index is 0.00000144. The summed E-state index contributed by atoms with van der Waals surface area (Å²) in [7, 11) is 0. The van der Waals surface area contributed by atoms with Gasteiger partial charge in [0.2, 0.25) is 0 Å². The van der Waals surface area contributed by atoms with Crippen LogP contribution in [0, 0.1) is 0 Å². The number of rotatable bonds is 3. The SMILES string of the molecule is CCCCC1(C)OC(=O)N=C1[O-].[Na+]. The Labute approximate surface area is 99.7 Å². The summed E-state index contributed by atoms with van der Waals surface area (Å²) in [6, 6.07) is 0. The van der Waals surface area contributed by atoms with Crippen molar-refractivity contribution in [3.63, 3.8) is 0 Å². The zero-order valence-electron chi connectivity index (χ0n) is 8.29. The number of nitrogens with zero attached hydrogens (tertiary/aromatic N) is 1. The summed E-state index contributed by atoms with van der Waals surface area (Å²) in [6.07, 6.45) is 1.65. The Bertz CT molecular complexity index is 229. The summed E-state index contributed by atoms with van der Waals surface area (Å²) in [5.74, 6) is -0.444. The van der Waals surface area contributed by atoms with Gasteiger partial charge in [-0.25, -0.2) is 4.79 Å². The molecule has 0 aliphatic carbocycles. The fourth-order valence-corrected chi connectivity index (χ4v) is 1.13. The Morgan fingerprint density at radius 2 is 2.23 bits per heavy atom. The molecule has 4 nitrogen and oxygen atoms in total. The minimum Gasteiger partial charge on any atom is -0.859 e. The fourth-order valence-electron chi connectivity index (χ4n) is 1.13. The Kier molecular flexibility index (Phi) is 4.96. The molecular formula is C8H12NNaO3.